The van der Waals surface area contributed by atoms with Crippen LogP contribution in [0.2, 0.25) is 0 Å². The van der Waals surface area contributed by atoms with Gasteiger partial charge in [0.05, 0.1) is 11.5 Å². The second kappa shape index (κ2) is 9.82. The molecule has 0 bridgehead atoms. The molecule has 2 N–H and O–H groups in total. The fourth-order valence-electron chi connectivity index (χ4n) is 3.33. The van der Waals surface area contributed by atoms with Crippen LogP contribution in [0.1, 0.15) is 35.7 Å². The molecular formula is C22H27N3O5S. The molecule has 0 aliphatic carbocycles. The molecule has 166 valence electrons. The molecule has 0 spiro atoms. The van der Waals surface area contributed by atoms with Gasteiger partial charge in [-0.05, 0) is 57.0 Å². The van der Waals surface area contributed by atoms with Gasteiger partial charge < -0.3 is 15.0 Å². The fourth-order valence-corrected chi connectivity index (χ4v) is 4.43. The van der Waals surface area contributed by atoms with Gasteiger partial charge in [-0.2, -0.15) is 0 Å². The summed E-state index contributed by atoms with van der Waals surface area (Å²) in [6, 6.07) is 12.8. The number of likely N-dealkylation sites (tertiary alicyclic amines) is 1. The number of benzene rings is 2. The van der Waals surface area contributed by atoms with E-state index in [1.54, 1.807) is 36.1 Å². The Kier molecular flexibility index (Phi) is 7.17. The van der Waals surface area contributed by atoms with Crippen LogP contribution in [-0.2, 0) is 14.8 Å². The minimum Gasteiger partial charge on any atom is -0.450 e. The Morgan fingerprint density at radius 3 is 2.42 bits per heavy atom. The Morgan fingerprint density at radius 2 is 1.77 bits per heavy atom. The maximum atomic E-state index is 12.7. The van der Waals surface area contributed by atoms with E-state index in [1.165, 1.54) is 12.1 Å². The van der Waals surface area contributed by atoms with E-state index in [2.05, 4.69) is 10.0 Å². The standard InChI is InChI=1S/C22H27N3O5S/c1-3-30-22(27)25-13-11-18(12-14-25)23-21(26)17-5-4-6-20(15-17)31(28,29)24-19-9-7-16(2)8-10-19/h4-10,15,18,24H,3,11-14H2,1-2H3,(H,23,26). The minimum atomic E-state index is -3.83. The van der Waals surface area contributed by atoms with Crippen LogP contribution >= 0.6 is 0 Å². The second-order valence-electron chi connectivity index (χ2n) is 7.43. The Morgan fingerprint density at radius 1 is 1.10 bits per heavy atom. The predicted octanol–water partition coefficient (Wildman–Crippen LogP) is 3.15. The number of piperidine rings is 1. The third-order valence-electron chi connectivity index (χ3n) is 5.07. The van der Waals surface area contributed by atoms with Crippen molar-refractivity contribution in [3.63, 3.8) is 0 Å². The molecule has 1 aliphatic rings. The van der Waals surface area contributed by atoms with Gasteiger partial charge in [0, 0.05) is 30.4 Å². The lowest BCUT2D eigenvalue weighted by Gasteiger charge is -2.31. The van der Waals surface area contributed by atoms with Crippen molar-refractivity contribution in [2.75, 3.05) is 24.4 Å². The van der Waals surface area contributed by atoms with Crippen molar-refractivity contribution in [1.82, 2.24) is 10.2 Å². The van der Waals surface area contributed by atoms with Gasteiger partial charge in [0.1, 0.15) is 0 Å². The quantitative estimate of drug-likeness (QED) is 0.711. The first-order valence-electron chi connectivity index (χ1n) is 10.2. The molecule has 0 saturated carbocycles. The van der Waals surface area contributed by atoms with Crippen molar-refractivity contribution in [3.05, 3.63) is 59.7 Å². The van der Waals surface area contributed by atoms with E-state index in [9.17, 15) is 18.0 Å². The van der Waals surface area contributed by atoms with Gasteiger partial charge in [-0.15, -0.1) is 0 Å². The molecule has 0 aromatic heterocycles. The van der Waals surface area contributed by atoms with Crippen LogP contribution < -0.4 is 10.0 Å². The number of aryl methyl sites for hydroxylation is 1. The summed E-state index contributed by atoms with van der Waals surface area (Å²) in [5.74, 6) is -0.345. The molecule has 0 unspecified atom stereocenters. The van der Waals surface area contributed by atoms with Crippen LogP contribution in [0.25, 0.3) is 0 Å². The zero-order valence-electron chi connectivity index (χ0n) is 17.6. The maximum Gasteiger partial charge on any atom is 0.409 e. The highest BCUT2D eigenvalue weighted by molar-refractivity contribution is 7.92. The Labute approximate surface area is 182 Å². The van der Waals surface area contributed by atoms with Crippen LogP contribution in [0, 0.1) is 6.92 Å². The molecule has 1 saturated heterocycles. The highest BCUT2D eigenvalue weighted by atomic mass is 32.2. The van der Waals surface area contributed by atoms with Crippen molar-refractivity contribution in [3.8, 4) is 0 Å². The third-order valence-corrected chi connectivity index (χ3v) is 6.45. The smallest absolute Gasteiger partial charge is 0.409 e. The first kappa shape index (κ1) is 22.6. The number of hydrogen-bond acceptors (Lipinski definition) is 5. The van der Waals surface area contributed by atoms with E-state index < -0.39 is 10.0 Å². The summed E-state index contributed by atoms with van der Waals surface area (Å²) >= 11 is 0. The molecule has 8 nitrogen and oxygen atoms in total. The van der Waals surface area contributed by atoms with Gasteiger partial charge in [0.15, 0.2) is 0 Å². The number of anilines is 1. The summed E-state index contributed by atoms with van der Waals surface area (Å²) in [5.41, 5.74) is 1.74. The average Bonchev–Trinajstić information content (AvgIpc) is 2.76. The normalized spacial score (nSPS) is 14.7. The minimum absolute atomic E-state index is 0.0119. The van der Waals surface area contributed by atoms with Gasteiger partial charge in [0.25, 0.3) is 15.9 Å². The van der Waals surface area contributed by atoms with Crippen molar-refractivity contribution in [1.29, 1.82) is 0 Å². The van der Waals surface area contributed by atoms with Gasteiger partial charge >= 0.3 is 6.09 Å². The number of nitrogens with zero attached hydrogens (tertiary/aromatic N) is 1. The Hall–Kier alpha value is -3.07. The predicted molar refractivity (Wildman–Crippen MR) is 118 cm³/mol. The lowest BCUT2D eigenvalue weighted by atomic mass is 10.0. The number of ether oxygens (including phenoxy) is 1. The maximum absolute atomic E-state index is 12.7. The summed E-state index contributed by atoms with van der Waals surface area (Å²) in [6.45, 7) is 5.00. The monoisotopic (exact) mass is 445 g/mol. The second-order valence-corrected chi connectivity index (χ2v) is 9.12. The zero-order chi connectivity index (χ0) is 22.4. The number of rotatable bonds is 6. The van der Waals surface area contributed by atoms with Crippen molar-refractivity contribution in [2.24, 2.45) is 0 Å². The molecule has 1 aliphatic heterocycles. The topological polar surface area (TPSA) is 105 Å². The highest BCUT2D eigenvalue weighted by Crippen LogP contribution is 2.18. The van der Waals surface area contributed by atoms with Crippen LogP contribution in [0.5, 0.6) is 0 Å². The molecule has 9 heteroatoms. The van der Waals surface area contributed by atoms with Crippen molar-refractivity contribution < 1.29 is 22.7 Å². The van der Waals surface area contributed by atoms with Gasteiger partial charge in [-0.25, -0.2) is 13.2 Å². The van der Waals surface area contributed by atoms with Gasteiger partial charge in [-0.1, -0.05) is 23.8 Å². The lowest BCUT2D eigenvalue weighted by Crippen LogP contribution is -2.46. The molecule has 1 heterocycles. The number of carbonyl (C=O) groups is 2. The van der Waals surface area contributed by atoms with E-state index in [4.69, 9.17) is 4.74 Å². The highest BCUT2D eigenvalue weighted by Gasteiger charge is 2.25. The van der Waals surface area contributed by atoms with Crippen LogP contribution in [0.4, 0.5) is 10.5 Å². The van der Waals surface area contributed by atoms with Gasteiger partial charge in [0.2, 0.25) is 0 Å². The summed E-state index contributed by atoms with van der Waals surface area (Å²) < 4.78 is 32.9. The lowest BCUT2D eigenvalue weighted by molar-refractivity contribution is 0.0860. The summed E-state index contributed by atoms with van der Waals surface area (Å²) in [5, 5.41) is 2.93. The van der Waals surface area contributed by atoms with Crippen molar-refractivity contribution >= 4 is 27.7 Å². The molecule has 2 aromatic rings. The summed E-state index contributed by atoms with van der Waals surface area (Å²) in [4.78, 5) is 26.1. The van der Waals surface area contributed by atoms with E-state index in [0.717, 1.165) is 5.56 Å². The van der Waals surface area contributed by atoms with Crippen LogP contribution in [-0.4, -0.2) is 51.1 Å². The molecular weight excluding hydrogens is 418 g/mol. The molecule has 0 atom stereocenters. The molecule has 3 rings (SSSR count). The summed E-state index contributed by atoms with van der Waals surface area (Å²) in [7, 11) is -3.83. The first-order chi connectivity index (χ1) is 14.8. The molecule has 2 amide bonds. The Balaban J connectivity index is 1.62. The van der Waals surface area contributed by atoms with E-state index in [-0.39, 0.29) is 28.5 Å². The van der Waals surface area contributed by atoms with Crippen LogP contribution in [0.3, 0.4) is 0 Å². The fraction of sp³-hybridized carbons (Fsp3) is 0.364. The number of amides is 2. The Bertz CT molecular complexity index is 1030. The summed E-state index contributed by atoms with van der Waals surface area (Å²) in [6.07, 6.45) is 0.876. The number of hydrogen-bond donors (Lipinski definition) is 2. The van der Waals surface area contributed by atoms with E-state index in [1.807, 2.05) is 19.1 Å². The van der Waals surface area contributed by atoms with Crippen molar-refractivity contribution in [2.45, 2.75) is 37.6 Å². The van der Waals surface area contributed by atoms with Crippen LogP contribution in [0.15, 0.2) is 53.4 Å². The molecule has 1 fully saturated rings. The number of carbonyl (C=O) groups excluding carboxylic acids is 2. The SMILES string of the molecule is CCOC(=O)N1CCC(NC(=O)c2cccc(S(=O)(=O)Nc3ccc(C)cc3)c2)CC1. The molecule has 31 heavy (non-hydrogen) atoms. The van der Waals surface area contributed by atoms with Gasteiger partial charge in [-0.3, -0.25) is 9.52 Å². The first-order valence-corrected chi connectivity index (χ1v) is 11.7. The average molecular weight is 446 g/mol. The number of nitrogens with one attached hydrogen (secondary N) is 2. The molecule has 2 aromatic carbocycles. The van der Waals surface area contributed by atoms with E-state index >= 15 is 0 Å². The number of sulfonamides is 1. The zero-order valence-corrected chi connectivity index (χ0v) is 18.4. The molecule has 0 radical (unpaired) electrons. The third kappa shape index (κ3) is 5.97. The largest absolute Gasteiger partial charge is 0.450 e. The van der Waals surface area contributed by atoms with E-state index in [0.29, 0.717) is 38.2 Å².